The molecule has 2 heterocycles. The summed E-state index contributed by atoms with van der Waals surface area (Å²) >= 11 is 0. The van der Waals surface area contributed by atoms with E-state index in [1.165, 1.54) is 10.5 Å². The summed E-state index contributed by atoms with van der Waals surface area (Å²) in [5.74, 6) is -0.550. The van der Waals surface area contributed by atoms with E-state index in [-0.39, 0.29) is 23.6 Å². The standard InChI is InChI=1S/C21H20N2O4S/c1-2-27-21(24)18-14-23(28(25,26)15-8-4-3-5-9-15)13-12-17-16-10-6-7-11-19(16)22-20(17)18/h3-11,14,22H,2,12-13H2,1H3. The Balaban J connectivity index is 1.86. The molecule has 0 saturated carbocycles. The highest BCUT2D eigenvalue weighted by molar-refractivity contribution is 7.89. The van der Waals surface area contributed by atoms with E-state index in [9.17, 15) is 13.2 Å². The van der Waals surface area contributed by atoms with Gasteiger partial charge in [-0.2, -0.15) is 0 Å². The molecule has 28 heavy (non-hydrogen) atoms. The second kappa shape index (κ2) is 7.16. The molecule has 6 nitrogen and oxygen atoms in total. The van der Waals surface area contributed by atoms with Gasteiger partial charge >= 0.3 is 5.97 Å². The minimum absolute atomic E-state index is 0.185. The Hall–Kier alpha value is -3.06. The number of aromatic nitrogens is 1. The van der Waals surface area contributed by atoms with Crippen molar-refractivity contribution in [3.05, 3.63) is 72.1 Å². The molecule has 0 unspecified atom stereocenters. The van der Waals surface area contributed by atoms with Crippen LogP contribution in [-0.4, -0.2) is 36.8 Å². The average Bonchev–Trinajstić information content (AvgIpc) is 2.95. The van der Waals surface area contributed by atoms with Crippen molar-refractivity contribution in [3.63, 3.8) is 0 Å². The maximum atomic E-state index is 13.1. The molecule has 1 N–H and O–H groups in total. The van der Waals surface area contributed by atoms with Crippen molar-refractivity contribution >= 4 is 32.5 Å². The first-order valence-electron chi connectivity index (χ1n) is 9.08. The lowest BCUT2D eigenvalue weighted by Crippen LogP contribution is -2.28. The number of esters is 1. The van der Waals surface area contributed by atoms with Gasteiger partial charge in [-0.15, -0.1) is 0 Å². The first kappa shape index (κ1) is 18.3. The lowest BCUT2D eigenvalue weighted by atomic mass is 10.0. The number of fused-ring (bicyclic) bond motifs is 3. The molecule has 0 amide bonds. The smallest absolute Gasteiger partial charge is 0.341 e. The maximum Gasteiger partial charge on any atom is 0.341 e. The molecule has 7 heteroatoms. The Morgan fingerprint density at radius 1 is 1.11 bits per heavy atom. The number of ether oxygens (including phenoxy) is 1. The van der Waals surface area contributed by atoms with Gasteiger partial charge in [-0.05, 0) is 37.1 Å². The Morgan fingerprint density at radius 3 is 2.57 bits per heavy atom. The Labute approximate surface area is 163 Å². The number of aromatic amines is 1. The minimum Gasteiger partial charge on any atom is -0.462 e. The highest BCUT2D eigenvalue weighted by atomic mass is 32.2. The number of sulfonamides is 1. The summed E-state index contributed by atoms with van der Waals surface area (Å²) in [6.45, 7) is 2.16. The number of para-hydroxylation sites is 1. The summed E-state index contributed by atoms with van der Waals surface area (Å²) in [5, 5.41) is 0.978. The van der Waals surface area contributed by atoms with E-state index in [0.717, 1.165) is 16.5 Å². The molecule has 3 aromatic rings. The van der Waals surface area contributed by atoms with Crippen molar-refractivity contribution < 1.29 is 17.9 Å². The van der Waals surface area contributed by atoms with E-state index in [2.05, 4.69) is 4.98 Å². The molecule has 0 bridgehead atoms. The van der Waals surface area contributed by atoms with Crippen LogP contribution in [0.25, 0.3) is 16.5 Å². The molecule has 4 rings (SSSR count). The van der Waals surface area contributed by atoms with E-state index in [1.54, 1.807) is 37.3 Å². The van der Waals surface area contributed by atoms with Gasteiger partial charge in [0.2, 0.25) is 0 Å². The number of hydrogen-bond acceptors (Lipinski definition) is 4. The molecule has 0 saturated heterocycles. The summed E-state index contributed by atoms with van der Waals surface area (Å²) in [7, 11) is -3.78. The highest BCUT2D eigenvalue weighted by Crippen LogP contribution is 2.32. The number of rotatable bonds is 4. The van der Waals surface area contributed by atoms with Crippen LogP contribution in [0.15, 0.2) is 65.7 Å². The van der Waals surface area contributed by atoms with Gasteiger partial charge in [-0.1, -0.05) is 36.4 Å². The molecule has 0 radical (unpaired) electrons. The van der Waals surface area contributed by atoms with Gasteiger partial charge < -0.3 is 9.72 Å². The molecule has 1 aliphatic heterocycles. The fourth-order valence-corrected chi connectivity index (χ4v) is 4.81. The van der Waals surface area contributed by atoms with Gasteiger partial charge in [0, 0.05) is 23.6 Å². The van der Waals surface area contributed by atoms with Crippen molar-refractivity contribution in [3.8, 4) is 0 Å². The zero-order valence-electron chi connectivity index (χ0n) is 15.4. The molecule has 2 aromatic carbocycles. The zero-order chi connectivity index (χ0) is 19.7. The number of carbonyl (C=O) groups is 1. The number of H-pyrrole nitrogens is 1. The van der Waals surface area contributed by atoms with Crippen LogP contribution >= 0.6 is 0 Å². The van der Waals surface area contributed by atoms with Crippen LogP contribution in [0, 0.1) is 0 Å². The number of benzene rings is 2. The predicted octanol–water partition coefficient (Wildman–Crippen LogP) is 3.32. The molecule has 1 aliphatic rings. The van der Waals surface area contributed by atoms with Gasteiger partial charge in [0.15, 0.2) is 0 Å². The normalized spacial score (nSPS) is 14.3. The fourth-order valence-electron chi connectivity index (χ4n) is 3.47. The third kappa shape index (κ3) is 3.07. The lowest BCUT2D eigenvalue weighted by molar-refractivity contribution is -0.136. The summed E-state index contributed by atoms with van der Waals surface area (Å²) in [4.78, 5) is 16.1. The second-order valence-corrected chi connectivity index (χ2v) is 8.36. The molecule has 0 spiro atoms. The molecule has 0 fully saturated rings. The quantitative estimate of drug-likeness (QED) is 0.686. The summed E-state index contributed by atoms with van der Waals surface area (Å²) in [5.41, 5.74) is 2.65. The SMILES string of the molecule is CCOC(=O)C1=CN(S(=O)(=O)c2ccccc2)CCc2c1[nH]c1ccccc21. The third-order valence-corrected chi connectivity index (χ3v) is 6.56. The Kier molecular flexibility index (Phi) is 4.68. The van der Waals surface area contributed by atoms with Gasteiger partial charge in [-0.25, -0.2) is 13.2 Å². The fraction of sp³-hybridized carbons (Fsp3) is 0.190. The van der Waals surface area contributed by atoms with Crippen molar-refractivity contribution in [1.29, 1.82) is 0 Å². The van der Waals surface area contributed by atoms with Crippen molar-refractivity contribution in [2.24, 2.45) is 0 Å². The monoisotopic (exact) mass is 396 g/mol. The number of hydrogen-bond donors (Lipinski definition) is 1. The molecule has 144 valence electrons. The average molecular weight is 396 g/mol. The van der Waals surface area contributed by atoms with E-state index < -0.39 is 16.0 Å². The van der Waals surface area contributed by atoms with E-state index in [4.69, 9.17) is 4.74 Å². The largest absolute Gasteiger partial charge is 0.462 e. The van der Waals surface area contributed by atoms with Crippen molar-refractivity contribution in [2.75, 3.05) is 13.2 Å². The maximum absolute atomic E-state index is 13.1. The van der Waals surface area contributed by atoms with Gasteiger partial charge in [0.05, 0.1) is 17.2 Å². The molecular formula is C21H20N2O4S. The molecule has 0 atom stereocenters. The summed E-state index contributed by atoms with van der Waals surface area (Å²) in [6.07, 6.45) is 1.87. The van der Waals surface area contributed by atoms with E-state index in [1.807, 2.05) is 24.3 Å². The van der Waals surface area contributed by atoms with Gasteiger partial charge in [0.25, 0.3) is 10.0 Å². The van der Waals surface area contributed by atoms with Crippen molar-refractivity contribution in [2.45, 2.75) is 18.2 Å². The molecule has 0 aliphatic carbocycles. The topological polar surface area (TPSA) is 79.5 Å². The van der Waals surface area contributed by atoms with Crippen LogP contribution in [-0.2, 0) is 26.0 Å². The summed E-state index contributed by atoms with van der Waals surface area (Å²) in [6, 6.07) is 16.0. The molecular weight excluding hydrogens is 376 g/mol. The van der Waals surface area contributed by atoms with Crippen LogP contribution in [0.1, 0.15) is 18.2 Å². The number of nitrogens with zero attached hydrogens (tertiary/aromatic N) is 1. The van der Waals surface area contributed by atoms with Crippen LogP contribution < -0.4 is 0 Å². The Morgan fingerprint density at radius 2 is 1.82 bits per heavy atom. The molecule has 1 aromatic heterocycles. The number of carbonyl (C=O) groups excluding carboxylic acids is 1. The van der Waals surface area contributed by atoms with E-state index in [0.29, 0.717) is 12.1 Å². The van der Waals surface area contributed by atoms with Crippen LogP contribution in [0.4, 0.5) is 0 Å². The van der Waals surface area contributed by atoms with Crippen LogP contribution in [0.3, 0.4) is 0 Å². The summed E-state index contributed by atoms with van der Waals surface area (Å²) < 4.78 is 32.7. The second-order valence-electron chi connectivity index (χ2n) is 6.47. The lowest BCUT2D eigenvalue weighted by Gasteiger charge is -2.19. The number of nitrogens with one attached hydrogen (secondary N) is 1. The zero-order valence-corrected chi connectivity index (χ0v) is 16.2. The first-order chi connectivity index (χ1) is 13.5. The van der Waals surface area contributed by atoms with Crippen LogP contribution in [0.5, 0.6) is 0 Å². The first-order valence-corrected chi connectivity index (χ1v) is 10.5. The Bertz CT molecular complexity index is 1160. The van der Waals surface area contributed by atoms with Gasteiger partial charge in [0.1, 0.15) is 5.57 Å². The van der Waals surface area contributed by atoms with E-state index >= 15 is 0 Å². The minimum atomic E-state index is -3.78. The van der Waals surface area contributed by atoms with Crippen molar-refractivity contribution in [1.82, 2.24) is 9.29 Å². The van der Waals surface area contributed by atoms with Crippen LogP contribution in [0.2, 0.25) is 0 Å². The third-order valence-electron chi connectivity index (χ3n) is 4.78. The van der Waals surface area contributed by atoms with Gasteiger partial charge in [-0.3, -0.25) is 4.31 Å². The highest BCUT2D eigenvalue weighted by Gasteiger charge is 2.30. The predicted molar refractivity (Wildman–Crippen MR) is 107 cm³/mol.